The second kappa shape index (κ2) is 4.58. The number of aliphatic hydroxyl groups excluding tert-OH is 1. The molecule has 1 aromatic rings. The molecule has 0 amide bonds. The Labute approximate surface area is 96.7 Å². The lowest BCUT2D eigenvalue weighted by molar-refractivity contribution is -0.150. The molecule has 1 aliphatic rings. The number of rotatable bonds is 2. The highest BCUT2D eigenvalue weighted by atomic mass is 19.1. The molecule has 0 saturated carbocycles. The molecule has 1 atom stereocenters. The van der Waals surface area contributed by atoms with Crippen molar-refractivity contribution in [2.45, 2.75) is 6.10 Å². The van der Waals surface area contributed by atoms with E-state index >= 15 is 0 Å². The molecule has 0 aliphatic carbocycles. The van der Waals surface area contributed by atoms with Crippen LogP contribution in [-0.2, 0) is 9.53 Å². The smallest absolute Gasteiger partial charge is 0.339 e. The number of halogens is 1. The number of hydrogen-bond donors (Lipinski definition) is 1. The highest BCUT2D eigenvalue weighted by Gasteiger charge is 2.27. The number of aliphatic hydroxyl groups is 1. The normalized spacial score (nSPS) is 15.2. The van der Waals surface area contributed by atoms with Gasteiger partial charge >= 0.3 is 5.97 Å². The van der Waals surface area contributed by atoms with Gasteiger partial charge in [0.2, 0.25) is 0 Å². The van der Waals surface area contributed by atoms with Crippen LogP contribution >= 0.6 is 0 Å². The average Bonchev–Trinajstić information content (AvgIpc) is 2.38. The molecule has 1 aromatic carbocycles. The number of carbonyl (C=O) groups excluding carboxylic acids is 1. The van der Waals surface area contributed by atoms with Gasteiger partial charge in [0.25, 0.3) is 0 Å². The van der Waals surface area contributed by atoms with Gasteiger partial charge in [0.1, 0.15) is 13.2 Å². The number of carbonyl (C=O) groups is 1. The van der Waals surface area contributed by atoms with Crippen LogP contribution in [0.2, 0.25) is 0 Å². The van der Waals surface area contributed by atoms with E-state index in [0.29, 0.717) is 6.61 Å². The largest absolute Gasteiger partial charge is 0.486 e. The number of hydrogen-bond acceptors (Lipinski definition) is 5. The highest BCUT2D eigenvalue weighted by molar-refractivity contribution is 5.76. The molecule has 1 N–H and O–H groups in total. The molecule has 6 heteroatoms. The Hall–Kier alpha value is -1.82. The fourth-order valence-electron chi connectivity index (χ4n) is 1.55. The van der Waals surface area contributed by atoms with E-state index in [1.807, 2.05) is 0 Å². The van der Waals surface area contributed by atoms with Crippen molar-refractivity contribution in [2.24, 2.45) is 0 Å². The summed E-state index contributed by atoms with van der Waals surface area (Å²) in [6, 6.07) is 2.71. The van der Waals surface area contributed by atoms with Crippen molar-refractivity contribution in [3.05, 3.63) is 23.5 Å². The van der Waals surface area contributed by atoms with Gasteiger partial charge < -0.3 is 19.3 Å². The predicted octanol–water partition coefficient (Wildman–Crippen LogP) is 0.803. The second-order valence-corrected chi connectivity index (χ2v) is 3.42. The minimum atomic E-state index is -1.67. The minimum Gasteiger partial charge on any atom is -0.486 e. The Bertz CT molecular complexity index is 446. The Morgan fingerprint density at radius 1 is 1.47 bits per heavy atom. The predicted molar refractivity (Wildman–Crippen MR) is 54.4 cm³/mol. The maximum absolute atomic E-state index is 13.9. The number of fused-ring (bicyclic) bond motifs is 1. The molecule has 0 aromatic heterocycles. The summed E-state index contributed by atoms with van der Waals surface area (Å²) in [5.74, 6) is -1.56. The fourth-order valence-corrected chi connectivity index (χ4v) is 1.55. The van der Waals surface area contributed by atoms with Crippen LogP contribution in [0.4, 0.5) is 4.39 Å². The fraction of sp³-hybridized carbons (Fsp3) is 0.364. The van der Waals surface area contributed by atoms with Crippen LogP contribution in [0.15, 0.2) is 12.1 Å². The summed E-state index contributed by atoms with van der Waals surface area (Å²) in [7, 11) is 1.11. The first-order chi connectivity index (χ1) is 8.15. The maximum Gasteiger partial charge on any atom is 0.339 e. The Balaban J connectivity index is 2.39. The summed E-state index contributed by atoms with van der Waals surface area (Å²) in [5, 5.41) is 9.56. The summed E-state index contributed by atoms with van der Waals surface area (Å²) in [6.07, 6.45) is -1.67. The van der Waals surface area contributed by atoms with E-state index in [0.717, 1.165) is 7.11 Å². The van der Waals surface area contributed by atoms with Crippen molar-refractivity contribution in [3.8, 4) is 11.5 Å². The molecule has 0 fully saturated rings. The van der Waals surface area contributed by atoms with Gasteiger partial charge in [-0.3, -0.25) is 0 Å². The molecule has 0 saturated heterocycles. The van der Waals surface area contributed by atoms with E-state index in [-0.39, 0.29) is 23.7 Å². The molecular formula is C11H11FO5. The van der Waals surface area contributed by atoms with Crippen molar-refractivity contribution in [1.82, 2.24) is 0 Å². The third-order valence-corrected chi connectivity index (χ3v) is 2.40. The van der Waals surface area contributed by atoms with Crippen LogP contribution in [0.1, 0.15) is 11.7 Å². The van der Waals surface area contributed by atoms with Crippen molar-refractivity contribution >= 4 is 5.97 Å². The molecule has 17 heavy (non-hydrogen) atoms. The molecule has 5 nitrogen and oxygen atoms in total. The molecular weight excluding hydrogens is 231 g/mol. The second-order valence-electron chi connectivity index (χ2n) is 3.42. The lowest BCUT2D eigenvalue weighted by atomic mass is 10.1. The first-order valence-electron chi connectivity index (χ1n) is 4.99. The molecule has 0 radical (unpaired) electrons. The molecule has 2 rings (SSSR count). The SMILES string of the molecule is COC(=O)C(O)c1ccc2c(c1F)OCCO2. The van der Waals surface area contributed by atoms with Crippen molar-refractivity contribution in [3.63, 3.8) is 0 Å². The van der Waals surface area contributed by atoms with Gasteiger partial charge in [-0.1, -0.05) is 0 Å². The van der Waals surface area contributed by atoms with E-state index in [1.165, 1.54) is 12.1 Å². The van der Waals surface area contributed by atoms with Gasteiger partial charge in [0, 0.05) is 5.56 Å². The first kappa shape index (κ1) is 11.7. The van der Waals surface area contributed by atoms with E-state index < -0.39 is 17.9 Å². The molecule has 1 unspecified atom stereocenters. The summed E-state index contributed by atoms with van der Waals surface area (Å²) in [5.41, 5.74) is -0.193. The summed E-state index contributed by atoms with van der Waals surface area (Å²) in [6.45, 7) is 0.563. The summed E-state index contributed by atoms with van der Waals surface area (Å²) < 4.78 is 28.5. The lowest BCUT2D eigenvalue weighted by Gasteiger charge is -2.20. The van der Waals surface area contributed by atoms with Crippen molar-refractivity contribution in [1.29, 1.82) is 0 Å². The van der Waals surface area contributed by atoms with Crippen LogP contribution in [0.3, 0.4) is 0 Å². The van der Waals surface area contributed by atoms with E-state index in [1.54, 1.807) is 0 Å². The third-order valence-electron chi connectivity index (χ3n) is 2.40. The Kier molecular flexibility index (Phi) is 3.14. The molecule has 0 spiro atoms. The molecule has 1 heterocycles. The standard InChI is InChI=1S/C11H11FO5/c1-15-11(14)9(13)6-2-3-7-10(8(6)12)17-5-4-16-7/h2-3,9,13H,4-5H2,1H3. The van der Waals surface area contributed by atoms with Crippen LogP contribution in [0.25, 0.3) is 0 Å². The molecule has 92 valence electrons. The summed E-state index contributed by atoms with van der Waals surface area (Å²) in [4.78, 5) is 11.1. The van der Waals surface area contributed by atoms with Crippen LogP contribution < -0.4 is 9.47 Å². The highest BCUT2D eigenvalue weighted by Crippen LogP contribution is 2.36. The number of benzene rings is 1. The topological polar surface area (TPSA) is 65.0 Å². The van der Waals surface area contributed by atoms with Gasteiger partial charge in [-0.2, -0.15) is 0 Å². The first-order valence-corrected chi connectivity index (χ1v) is 4.99. The van der Waals surface area contributed by atoms with E-state index in [2.05, 4.69) is 4.74 Å². The Morgan fingerprint density at radius 3 is 2.88 bits per heavy atom. The zero-order chi connectivity index (χ0) is 12.4. The van der Waals surface area contributed by atoms with Gasteiger partial charge in [-0.25, -0.2) is 9.18 Å². The van der Waals surface area contributed by atoms with Gasteiger partial charge in [-0.15, -0.1) is 0 Å². The summed E-state index contributed by atoms with van der Waals surface area (Å²) >= 11 is 0. The van der Waals surface area contributed by atoms with Crippen LogP contribution in [0, 0.1) is 5.82 Å². The monoisotopic (exact) mass is 242 g/mol. The van der Waals surface area contributed by atoms with E-state index in [4.69, 9.17) is 9.47 Å². The van der Waals surface area contributed by atoms with Crippen molar-refractivity contribution in [2.75, 3.05) is 20.3 Å². The number of methoxy groups -OCH3 is 1. The lowest BCUT2D eigenvalue weighted by Crippen LogP contribution is -2.19. The molecule has 0 bridgehead atoms. The van der Waals surface area contributed by atoms with Crippen LogP contribution in [-0.4, -0.2) is 31.4 Å². The minimum absolute atomic E-state index is 0.0864. The van der Waals surface area contributed by atoms with Gasteiger partial charge in [-0.05, 0) is 12.1 Å². The Morgan fingerprint density at radius 2 is 2.18 bits per heavy atom. The van der Waals surface area contributed by atoms with Gasteiger partial charge in [0.15, 0.2) is 23.4 Å². The number of ether oxygens (including phenoxy) is 3. The van der Waals surface area contributed by atoms with Crippen molar-refractivity contribution < 1.29 is 28.5 Å². The van der Waals surface area contributed by atoms with E-state index in [9.17, 15) is 14.3 Å². The quantitative estimate of drug-likeness (QED) is 0.777. The van der Waals surface area contributed by atoms with Crippen LogP contribution in [0.5, 0.6) is 11.5 Å². The van der Waals surface area contributed by atoms with Gasteiger partial charge in [0.05, 0.1) is 7.11 Å². The number of esters is 1. The average molecular weight is 242 g/mol. The molecule has 1 aliphatic heterocycles. The third kappa shape index (κ3) is 2.03. The maximum atomic E-state index is 13.9. The zero-order valence-electron chi connectivity index (χ0n) is 9.10. The zero-order valence-corrected chi connectivity index (χ0v) is 9.10.